The number of thiophene rings is 1. The molecule has 0 radical (unpaired) electrons. The van der Waals surface area contributed by atoms with Gasteiger partial charge < -0.3 is 10.4 Å². The molecular weight excluding hydrogens is 198 g/mol. The van der Waals surface area contributed by atoms with Crippen LogP contribution in [0.15, 0.2) is 22.9 Å². The number of hydrogen-bond donors (Lipinski definition) is 2. The van der Waals surface area contributed by atoms with Crippen molar-refractivity contribution in [2.75, 3.05) is 6.54 Å². The van der Waals surface area contributed by atoms with Crippen molar-refractivity contribution < 1.29 is 9.90 Å². The van der Waals surface area contributed by atoms with Crippen molar-refractivity contribution in [3.8, 4) is 0 Å². The lowest BCUT2D eigenvalue weighted by Crippen LogP contribution is -2.19. The number of carbonyl (C=O) groups is 1. The molecular formula is C10H13NO2S. The molecule has 0 aliphatic carbocycles. The summed E-state index contributed by atoms with van der Waals surface area (Å²) in [4.78, 5) is 10.4. The lowest BCUT2D eigenvalue weighted by molar-refractivity contribution is -0.132. The fraction of sp³-hybridized carbons (Fsp3) is 0.300. The number of nitrogens with one attached hydrogen (secondary N) is 1. The maximum Gasteiger partial charge on any atom is 0.332 e. The average Bonchev–Trinajstić information content (AvgIpc) is 2.51. The Morgan fingerprint density at radius 3 is 2.86 bits per heavy atom. The van der Waals surface area contributed by atoms with Gasteiger partial charge in [0.15, 0.2) is 0 Å². The Bertz CT molecular complexity index is 344. The van der Waals surface area contributed by atoms with Crippen molar-refractivity contribution >= 4 is 17.3 Å². The summed E-state index contributed by atoms with van der Waals surface area (Å²) >= 11 is 1.65. The van der Waals surface area contributed by atoms with Gasteiger partial charge in [0.1, 0.15) is 0 Å². The third-order valence-electron chi connectivity index (χ3n) is 1.92. The van der Waals surface area contributed by atoms with Crippen molar-refractivity contribution in [2.24, 2.45) is 0 Å². The van der Waals surface area contributed by atoms with Crippen LogP contribution in [0.25, 0.3) is 0 Å². The average molecular weight is 211 g/mol. The van der Waals surface area contributed by atoms with Crippen LogP contribution in [-0.2, 0) is 11.3 Å². The molecule has 1 aromatic rings. The second-order valence-corrected chi connectivity index (χ2v) is 3.84. The summed E-state index contributed by atoms with van der Waals surface area (Å²) in [5.74, 6) is -0.945. The minimum Gasteiger partial charge on any atom is -0.478 e. The molecule has 0 atom stereocenters. The van der Waals surface area contributed by atoms with Gasteiger partial charge in [0.05, 0.1) is 0 Å². The fourth-order valence-electron chi connectivity index (χ4n) is 0.992. The molecule has 3 nitrogen and oxygen atoms in total. The Morgan fingerprint density at radius 2 is 2.36 bits per heavy atom. The number of carboxylic acids is 1. The van der Waals surface area contributed by atoms with Crippen LogP contribution in [0, 0.1) is 6.92 Å². The Kier molecular flexibility index (Phi) is 3.85. The molecule has 0 aliphatic heterocycles. The second-order valence-electron chi connectivity index (χ2n) is 3.09. The van der Waals surface area contributed by atoms with Crippen LogP contribution in [-0.4, -0.2) is 17.6 Å². The van der Waals surface area contributed by atoms with Crippen molar-refractivity contribution in [1.82, 2.24) is 5.32 Å². The van der Waals surface area contributed by atoms with Crippen molar-refractivity contribution in [2.45, 2.75) is 13.5 Å². The van der Waals surface area contributed by atoms with Crippen LogP contribution in [0.2, 0.25) is 0 Å². The molecule has 0 spiro atoms. The summed E-state index contributed by atoms with van der Waals surface area (Å²) in [6.45, 7) is 6.50. The van der Waals surface area contributed by atoms with Gasteiger partial charge in [-0.3, -0.25) is 0 Å². The SMILES string of the molecule is C=C(CNCc1cscc1C)C(=O)O. The Labute approximate surface area is 87.1 Å². The van der Waals surface area contributed by atoms with Crippen LogP contribution in [0.4, 0.5) is 0 Å². The van der Waals surface area contributed by atoms with Gasteiger partial charge in [-0.25, -0.2) is 4.79 Å². The first-order chi connectivity index (χ1) is 6.61. The molecule has 0 amide bonds. The van der Waals surface area contributed by atoms with Crippen molar-refractivity contribution in [3.63, 3.8) is 0 Å². The summed E-state index contributed by atoms with van der Waals surface area (Å²) in [7, 11) is 0. The first-order valence-corrected chi connectivity index (χ1v) is 5.19. The number of hydrogen-bond acceptors (Lipinski definition) is 3. The first-order valence-electron chi connectivity index (χ1n) is 4.24. The third-order valence-corrected chi connectivity index (χ3v) is 2.83. The lowest BCUT2D eigenvalue weighted by atomic mass is 10.2. The first kappa shape index (κ1) is 10.9. The molecule has 1 rings (SSSR count). The zero-order valence-electron chi connectivity index (χ0n) is 8.04. The van der Waals surface area contributed by atoms with Crippen LogP contribution in [0.5, 0.6) is 0 Å². The summed E-state index contributed by atoms with van der Waals surface area (Å²) < 4.78 is 0. The smallest absolute Gasteiger partial charge is 0.332 e. The van der Waals surface area contributed by atoms with Gasteiger partial charge in [-0.05, 0) is 28.8 Å². The van der Waals surface area contributed by atoms with Gasteiger partial charge >= 0.3 is 5.97 Å². The number of aliphatic carboxylic acids is 1. The topological polar surface area (TPSA) is 49.3 Å². The molecule has 0 bridgehead atoms. The van der Waals surface area contributed by atoms with Gasteiger partial charge in [-0.1, -0.05) is 6.58 Å². The Morgan fingerprint density at radius 1 is 1.64 bits per heavy atom. The zero-order chi connectivity index (χ0) is 10.6. The summed E-state index contributed by atoms with van der Waals surface area (Å²) in [5, 5.41) is 15.7. The highest BCUT2D eigenvalue weighted by molar-refractivity contribution is 7.08. The summed E-state index contributed by atoms with van der Waals surface area (Å²) in [6, 6.07) is 0. The van der Waals surface area contributed by atoms with Crippen LogP contribution in [0.3, 0.4) is 0 Å². The molecule has 0 saturated carbocycles. The normalized spacial score (nSPS) is 10.1. The molecule has 0 aromatic carbocycles. The van der Waals surface area contributed by atoms with E-state index in [1.165, 1.54) is 11.1 Å². The monoisotopic (exact) mass is 211 g/mol. The van der Waals surface area contributed by atoms with E-state index in [4.69, 9.17) is 5.11 Å². The molecule has 1 heterocycles. The maximum absolute atomic E-state index is 10.4. The molecule has 1 aromatic heterocycles. The standard InChI is InChI=1S/C10H13NO2S/c1-7(10(12)13)3-11-4-9-6-14-5-8(9)2/h5-6,11H,1,3-4H2,2H3,(H,12,13). The maximum atomic E-state index is 10.4. The number of carboxylic acid groups (broad SMARTS) is 1. The van der Waals surface area contributed by atoms with Gasteiger partial charge in [-0.15, -0.1) is 0 Å². The van der Waals surface area contributed by atoms with Gasteiger partial charge in [0.25, 0.3) is 0 Å². The molecule has 4 heteroatoms. The van der Waals surface area contributed by atoms with E-state index in [1.807, 2.05) is 6.92 Å². The Balaban J connectivity index is 2.32. The zero-order valence-corrected chi connectivity index (χ0v) is 8.86. The van der Waals surface area contributed by atoms with Crippen LogP contribution >= 0.6 is 11.3 Å². The van der Waals surface area contributed by atoms with Crippen molar-refractivity contribution in [3.05, 3.63) is 34.0 Å². The minimum absolute atomic E-state index is 0.192. The van der Waals surface area contributed by atoms with E-state index in [0.717, 1.165) is 0 Å². The van der Waals surface area contributed by atoms with Gasteiger partial charge in [-0.2, -0.15) is 11.3 Å². The van der Waals surface area contributed by atoms with E-state index < -0.39 is 5.97 Å². The molecule has 14 heavy (non-hydrogen) atoms. The molecule has 0 aliphatic rings. The fourth-order valence-corrected chi connectivity index (χ4v) is 1.85. The van der Waals surface area contributed by atoms with E-state index in [1.54, 1.807) is 11.3 Å². The molecule has 0 fully saturated rings. The largest absolute Gasteiger partial charge is 0.478 e. The highest BCUT2D eigenvalue weighted by Crippen LogP contribution is 2.12. The molecule has 76 valence electrons. The molecule has 0 unspecified atom stereocenters. The molecule has 0 saturated heterocycles. The third kappa shape index (κ3) is 2.97. The van der Waals surface area contributed by atoms with Gasteiger partial charge in [0.2, 0.25) is 0 Å². The number of aryl methyl sites for hydroxylation is 1. The second kappa shape index (κ2) is 4.93. The van der Waals surface area contributed by atoms with E-state index in [0.29, 0.717) is 13.1 Å². The van der Waals surface area contributed by atoms with Crippen LogP contribution in [0.1, 0.15) is 11.1 Å². The van der Waals surface area contributed by atoms with E-state index >= 15 is 0 Å². The summed E-state index contributed by atoms with van der Waals surface area (Å²) in [5.41, 5.74) is 2.65. The van der Waals surface area contributed by atoms with E-state index in [2.05, 4.69) is 22.7 Å². The van der Waals surface area contributed by atoms with E-state index in [9.17, 15) is 4.79 Å². The predicted octanol–water partition coefficient (Wildman–Crippen LogP) is 1.79. The van der Waals surface area contributed by atoms with E-state index in [-0.39, 0.29) is 5.57 Å². The summed E-state index contributed by atoms with van der Waals surface area (Å²) in [6.07, 6.45) is 0. The van der Waals surface area contributed by atoms with Crippen molar-refractivity contribution in [1.29, 1.82) is 0 Å². The van der Waals surface area contributed by atoms with Gasteiger partial charge in [0, 0.05) is 18.7 Å². The predicted molar refractivity (Wildman–Crippen MR) is 57.5 cm³/mol. The Hall–Kier alpha value is -1.13. The highest BCUT2D eigenvalue weighted by Gasteiger charge is 2.03. The quantitative estimate of drug-likeness (QED) is 0.730. The lowest BCUT2D eigenvalue weighted by Gasteiger charge is -2.03. The van der Waals surface area contributed by atoms with Crippen LogP contribution < -0.4 is 5.32 Å². The molecule has 2 N–H and O–H groups in total. The number of rotatable bonds is 5. The highest BCUT2D eigenvalue weighted by atomic mass is 32.1. The minimum atomic E-state index is -0.945.